The Bertz CT molecular complexity index is 1460. The Hall–Kier alpha value is -4.18. The van der Waals surface area contributed by atoms with Crippen molar-refractivity contribution in [2.75, 3.05) is 16.4 Å². The van der Waals surface area contributed by atoms with E-state index in [-0.39, 0.29) is 0 Å². The SMILES string of the molecule is c1cnc2c(O[CH2][Al]([CH2]Oc3cccc4cccnc34)[CH2]Oc3cccc4cccnc34)cccc2c1. The zero-order chi connectivity index (χ0) is 24.9. The summed E-state index contributed by atoms with van der Waals surface area (Å²) in [6.45, 7) is 0. The Kier molecular flexibility index (Phi) is 6.80. The Balaban J connectivity index is 1.23. The number of rotatable bonds is 9. The maximum atomic E-state index is 6.34. The zero-order valence-corrected chi connectivity index (χ0v) is 21.3. The summed E-state index contributed by atoms with van der Waals surface area (Å²) in [7, 11) is 0. The topological polar surface area (TPSA) is 66.4 Å². The van der Waals surface area contributed by atoms with Crippen LogP contribution in [0, 0.1) is 0 Å². The molecule has 0 radical (unpaired) electrons. The first-order chi connectivity index (χ1) is 18.3. The quantitative estimate of drug-likeness (QED) is 0.227. The van der Waals surface area contributed by atoms with E-state index in [0.717, 1.165) is 50.0 Å². The van der Waals surface area contributed by atoms with E-state index in [1.165, 1.54) is 0 Å². The van der Waals surface area contributed by atoms with Gasteiger partial charge in [0.25, 0.3) is 0 Å². The molecule has 37 heavy (non-hydrogen) atoms. The molecular formula is C30H24AlN3O3. The molecule has 180 valence electrons. The van der Waals surface area contributed by atoms with Crippen LogP contribution in [0.3, 0.4) is 0 Å². The minimum Gasteiger partial charge on any atom is -0.506 e. The predicted molar refractivity (Wildman–Crippen MR) is 147 cm³/mol. The fraction of sp³-hybridized carbons (Fsp3) is 0.100. The van der Waals surface area contributed by atoms with E-state index >= 15 is 0 Å². The number of benzene rings is 3. The number of hydrogen-bond acceptors (Lipinski definition) is 6. The van der Waals surface area contributed by atoms with Gasteiger partial charge in [-0.05, 0) is 36.4 Å². The lowest BCUT2D eigenvalue weighted by atomic mass is 10.2. The number of hydrogen-bond donors (Lipinski definition) is 0. The molecule has 0 atom stereocenters. The maximum absolute atomic E-state index is 6.34. The van der Waals surface area contributed by atoms with Crippen molar-refractivity contribution in [3.05, 3.63) is 110 Å². The van der Waals surface area contributed by atoms with Gasteiger partial charge in [-0.1, -0.05) is 54.6 Å². The number of fused-ring (bicyclic) bond motifs is 3. The first-order valence-corrected chi connectivity index (χ1v) is 14.7. The number of ether oxygens (including phenoxy) is 3. The van der Waals surface area contributed by atoms with Crippen molar-refractivity contribution >= 4 is 46.9 Å². The Morgan fingerprint density at radius 3 is 1.11 bits per heavy atom. The van der Waals surface area contributed by atoms with Gasteiger partial charge in [0.2, 0.25) is 0 Å². The Labute approximate surface area is 218 Å². The second kappa shape index (κ2) is 10.8. The molecule has 0 spiro atoms. The maximum Gasteiger partial charge on any atom is 0.425 e. The van der Waals surface area contributed by atoms with Gasteiger partial charge in [-0.15, -0.1) is 0 Å². The molecule has 0 saturated carbocycles. The van der Waals surface area contributed by atoms with Gasteiger partial charge >= 0.3 is 14.1 Å². The first-order valence-electron chi connectivity index (χ1n) is 12.2. The van der Waals surface area contributed by atoms with Gasteiger partial charge in [0.15, 0.2) is 0 Å². The van der Waals surface area contributed by atoms with Crippen molar-refractivity contribution in [2.45, 2.75) is 0 Å². The van der Waals surface area contributed by atoms with Crippen molar-refractivity contribution in [1.82, 2.24) is 15.0 Å². The van der Waals surface area contributed by atoms with E-state index in [1.807, 2.05) is 91.0 Å². The summed E-state index contributed by atoms with van der Waals surface area (Å²) in [5.74, 6) is 2.32. The molecule has 3 heterocycles. The second-order valence-electron chi connectivity index (χ2n) is 8.79. The summed E-state index contributed by atoms with van der Waals surface area (Å²) in [6.07, 6.45) is 5.37. The molecule has 3 aromatic carbocycles. The predicted octanol–water partition coefficient (Wildman–Crippen LogP) is 5.98. The highest BCUT2D eigenvalue weighted by atomic mass is 27.2. The molecule has 0 N–H and O–H groups in total. The second-order valence-corrected chi connectivity index (χ2v) is 11.5. The minimum atomic E-state index is -1.73. The molecule has 0 fully saturated rings. The fourth-order valence-electron chi connectivity index (χ4n) is 4.35. The van der Waals surface area contributed by atoms with Crippen LogP contribution in [0.5, 0.6) is 17.2 Å². The third kappa shape index (κ3) is 5.19. The number of pyridine rings is 3. The molecule has 0 amide bonds. The standard InChI is InChI=1S/3C10H8NO.Al/c3*1-12-9-6-2-4-8-5-3-7-11-10(8)9;/h3*2-7H,1H2;. The molecule has 0 saturated heterocycles. The van der Waals surface area contributed by atoms with Gasteiger partial charge in [0.1, 0.15) is 33.8 Å². The van der Waals surface area contributed by atoms with Gasteiger partial charge in [-0.25, -0.2) is 0 Å². The number of aromatic nitrogens is 3. The van der Waals surface area contributed by atoms with Crippen LogP contribution in [0.15, 0.2) is 110 Å². The molecule has 6 rings (SSSR count). The summed E-state index contributed by atoms with van der Waals surface area (Å²) in [6, 6.07) is 29.9. The first kappa shape index (κ1) is 23.2. The van der Waals surface area contributed by atoms with E-state index in [2.05, 4.69) is 15.0 Å². The highest BCUT2D eigenvalue weighted by molar-refractivity contribution is 6.58. The average molecular weight is 502 g/mol. The highest BCUT2D eigenvalue weighted by Gasteiger charge is 2.24. The van der Waals surface area contributed by atoms with Gasteiger partial charge in [0, 0.05) is 51.2 Å². The molecule has 0 bridgehead atoms. The Morgan fingerprint density at radius 1 is 0.432 bits per heavy atom. The largest absolute Gasteiger partial charge is 0.506 e. The summed E-state index contributed by atoms with van der Waals surface area (Å²) >= 11 is -1.73. The van der Waals surface area contributed by atoms with Crippen molar-refractivity contribution in [3.8, 4) is 17.2 Å². The smallest absolute Gasteiger partial charge is 0.425 e. The number of para-hydroxylation sites is 3. The van der Waals surface area contributed by atoms with Gasteiger partial charge in [0.05, 0.1) is 0 Å². The average Bonchev–Trinajstić information content (AvgIpc) is 2.96. The molecule has 0 aliphatic rings. The normalized spacial score (nSPS) is 11.0. The van der Waals surface area contributed by atoms with Crippen LogP contribution < -0.4 is 14.2 Å². The molecule has 3 aromatic heterocycles. The summed E-state index contributed by atoms with van der Waals surface area (Å²) in [4.78, 5) is 13.6. The third-order valence-corrected chi connectivity index (χ3v) is 8.12. The van der Waals surface area contributed by atoms with Crippen LogP contribution in [-0.2, 0) is 0 Å². The molecule has 0 aliphatic carbocycles. The van der Waals surface area contributed by atoms with Crippen LogP contribution >= 0.6 is 0 Å². The van der Waals surface area contributed by atoms with Crippen molar-refractivity contribution < 1.29 is 14.2 Å². The van der Waals surface area contributed by atoms with Gasteiger partial charge in [-0.3, -0.25) is 15.0 Å². The molecule has 6 nitrogen and oxygen atoms in total. The van der Waals surface area contributed by atoms with E-state index in [9.17, 15) is 0 Å². The lowest BCUT2D eigenvalue weighted by Crippen LogP contribution is -2.37. The van der Waals surface area contributed by atoms with E-state index < -0.39 is 14.1 Å². The van der Waals surface area contributed by atoms with Crippen molar-refractivity contribution in [1.29, 1.82) is 0 Å². The minimum absolute atomic E-state index is 0.534. The lowest BCUT2D eigenvalue weighted by molar-refractivity contribution is 0.326. The van der Waals surface area contributed by atoms with E-state index in [0.29, 0.717) is 16.4 Å². The lowest BCUT2D eigenvalue weighted by Gasteiger charge is -2.17. The summed E-state index contributed by atoms with van der Waals surface area (Å²) in [5, 5.41) is 3.15. The van der Waals surface area contributed by atoms with Crippen LogP contribution in [0.4, 0.5) is 0 Å². The fourth-order valence-corrected chi connectivity index (χ4v) is 5.88. The molecule has 6 aromatic rings. The van der Waals surface area contributed by atoms with E-state index in [4.69, 9.17) is 14.2 Å². The van der Waals surface area contributed by atoms with Gasteiger partial charge < -0.3 is 14.2 Å². The molecule has 0 unspecified atom stereocenters. The summed E-state index contributed by atoms with van der Waals surface area (Å²) < 4.78 is 19.0. The monoisotopic (exact) mass is 501 g/mol. The van der Waals surface area contributed by atoms with E-state index in [1.54, 1.807) is 18.6 Å². The number of nitrogens with zero attached hydrogens (tertiary/aromatic N) is 3. The molecule has 7 heteroatoms. The van der Waals surface area contributed by atoms with Crippen LogP contribution in [-0.4, -0.2) is 45.5 Å². The molecule has 0 aliphatic heterocycles. The van der Waals surface area contributed by atoms with Crippen molar-refractivity contribution in [2.24, 2.45) is 0 Å². The third-order valence-electron chi connectivity index (χ3n) is 6.21. The Morgan fingerprint density at radius 2 is 0.757 bits per heavy atom. The van der Waals surface area contributed by atoms with Crippen LogP contribution in [0.2, 0.25) is 0 Å². The van der Waals surface area contributed by atoms with Crippen LogP contribution in [0.1, 0.15) is 0 Å². The highest BCUT2D eigenvalue weighted by Crippen LogP contribution is 2.26. The van der Waals surface area contributed by atoms with Crippen molar-refractivity contribution in [3.63, 3.8) is 0 Å². The molecular weight excluding hydrogens is 477 g/mol. The summed E-state index contributed by atoms with van der Waals surface area (Å²) in [5.41, 5.74) is 4.17. The van der Waals surface area contributed by atoms with Gasteiger partial charge in [-0.2, -0.15) is 0 Å². The van der Waals surface area contributed by atoms with Crippen LogP contribution in [0.25, 0.3) is 32.7 Å². The zero-order valence-electron chi connectivity index (χ0n) is 20.2.